The van der Waals surface area contributed by atoms with Gasteiger partial charge < -0.3 is 14.5 Å². The van der Waals surface area contributed by atoms with Gasteiger partial charge in [0.15, 0.2) is 0 Å². The fraction of sp³-hybridized carbons (Fsp3) is 0.389. The average Bonchev–Trinajstić information content (AvgIpc) is 2.72. The number of piperazine rings is 1. The molecule has 2 aromatic rings. The van der Waals surface area contributed by atoms with E-state index in [1.165, 1.54) is 6.33 Å². The summed E-state index contributed by atoms with van der Waals surface area (Å²) in [7, 11) is 0.756. The molecule has 1 aliphatic heterocycles. The summed E-state index contributed by atoms with van der Waals surface area (Å²) >= 11 is 0. The molecule has 0 radical (unpaired) electrons. The first-order valence-corrected chi connectivity index (χ1v) is 9.89. The highest BCUT2D eigenvalue weighted by Gasteiger charge is 2.16. The zero-order valence-corrected chi connectivity index (χ0v) is 16.0. The van der Waals surface area contributed by atoms with E-state index in [9.17, 15) is 9.00 Å². The van der Waals surface area contributed by atoms with Crippen molar-refractivity contribution in [3.8, 4) is 5.88 Å². The molecular formula is C18H23N5O3S. The van der Waals surface area contributed by atoms with E-state index < -0.39 is 11.0 Å². The number of carbonyl (C=O) groups excluding carboxylic acids is 1. The highest BCUT2D eigenvalue weighted by molar-refractivity contribution is 7.83. The first kappa shape index (κ1) is 19.4. The third-order valence-corrected chi connectivity index (χ3v) is 5.44. The smallest absolute Gasteiger partial charge is 0.218 e. The first-order valence-electron chi connectivity index (χ1n) is 8.74. The topological polar surface area (TPSA) is 87.7 Å². The van der Waals surface area contributed by atoms with Crippen molar-refractivity contribution in [2.45, 2.75) is 4.90 Å². The molecule has 144 valence electrons. The lowest BCUT2D eigenvalue weighted by Crippen LogP contribution is -2.44. The van der Waals surface area contributed by atoms with Crippen LogP contribution in [0.15, 0.2) is 41.6 Å². The van der Waals surface area contributed by atoms with Gasteiger partial charge in [0.25, 0.3) is 0 Å². The Bertz CT molecular complexity index is 779. The highest BCUT2D eigenvalue weighted by Crippen LogP contribution is 2.17. The van der Waals surface area contributed by atoms with E-state index in [0.29, 0.717) is 29.5 Å². The maximum absolute atomic E-state index is 12.2. The van der Waals surface area contributed by atoms with Crippen molar-refractivity contribution in [1.29, 1.82) is 0 Å². The van der Waals surface area contributed by atoms with E-state index in [1.54, 1.807) is 24.3 Å². The van der Waals surface area contributed by atoms with Crippen molar-refractivity contribution in [1.82, 2.24) is 19.6 Å². The Morgan fingerprint density at radius 1 is 1.19 bits per heavy atom. The Labute approximate surface area is 161 Å². The third kappa shape index (κ3) is 5.56. The predicted octanol–water partition coefficient (Wildman–Crippen LogP) is 0.732. The lowest BCUT2D eigenvalue weighted by atomic mass is 10.2. The number of hydrogen-bond acceptors (Lipinski definition) is 7. The van der Waals surface area contributed by atoms with E-state index in [4.69, 9.17) is 4.74 Å². The fourth-order valence-corrected chi connectivity index (χ4v) is 3.48. The molecule has 1 N–H and O–H groups in total. The Balaban J connectivity index is 1.45. The Hall–Kier alpha value is -2.36. The van der Waals surface area contributed by atoms with Gasteiger partial charge in [0.1, 0.15) is 36.0 Å². The number of aldehydes is 1. The predicted molar refractivity (Wildman–Crippen MR) is 103 cm³/mol. The van der Waals surface area contributed by atoms with E-state index >= 15 is 0 Å². The number of ether oxygens (including phenoxy) is 1. The van der Waals surface area contributed by atoms with E-state index in [1.807, 2.05) is 6.07 Å². The minimum absolute atomic E-state index is 0.331. The Morgan fingerprint density at radius 3 is 2.63 bits per heavy atom. The number of aromatic nitrogens is 2. The van der Waals surface area contributed by atoms with Crippen molar-refractivity contribution in [2.75, 3.05) is 51.3 Å². The molecule has 1 unspecified atom stereocenters. The molecule has 1 atom stereocenters. The second kappa shape index (κ2) is 9.54. The highest BCUT2D eigenvalue weighted by atomic mass is 32.2. The van der Waals surface area contributed by atoms with Gasteiger partial charge in [0.05, 0.1) is 4.90 Å². The van der Waals surface area contributed by atoms with Crippen LogP contribution >= 0.6 is 0 Å². The first-order chi connectivity index (χ1) is 13.2. The van der Waals surface area contributed by atoms with E-state index in [0.717, 1.165) is 38.3 Å². The maximum atomic E-state index is 12.2. The lowest BCUT2D eigenvalue weighted by molar-refractivity contribution is 0.112. The van der Waals surface area contributed by atoms with Gasteiger partial charge >= 0.3 is 0 Å². The summed E-state index contributed by atoms with van der Waals surface area (Å²) in [6.45, 7) is 4.59. The number of hydrogen-bond donors (Lipinski definition) is 1. The van der Waals surface area contributed by atoms with Gasteiger partial charge in [-0.1, -0.05) is 12.1 Å². The van der Waals surface area contributed by atoms with Crippen LogP contribution in [0.5, 0.6) is 5.88 Å². The number of anilines is 1. The van der Waals surface area contributed by atoms with Gasteiger partial charge in [-0.15, -0.1) is 0 Å². The molecule has 0 aliphatic carbocycles. The standard InChI is InChI=1S/C18H23N5O3S/c1-22-7-9-23(10-8-22)17-12-18(20-14-19-17)26-11-6-21-27(25)16-4-2-15(13-24)3-5-16/h2-5,12-14,21H,6-11H2,1H3. The molecule has 8 nitrogen and oxygen atoms in total. The Morgan fingerprint density at radius 2 is 1.93 bits per heavy atom. The van der Waals surface area contributed by atoms with Gasteiger partial charge in [-0.3, -0.25) is 4.79 Å². The summed E-state index contributed by atoms with van der Waals surface area (Å²) in [6.07, 6.45) is 2.26. The molecule has 1 aromatic carbocycles. The minimum Gasteiger partial charge on any atom is -0.476 e. The zero-order chi connectivity index (χ0) is 19.1. The Kier molecular flexibility index (Phi) is 6.86. The van der Waals surface area contributed by atoms with Gasteiger partial charge in [0.2, 0.25) is 5.88 Å². The van der Waals surface area contributed by atoms with Crippen molar-refractivity contribution >= 4 is 23.1 Å². The molecule has 1 saturated heterocycles. The number of benzene rings is 1. The molecule has 0 saturated carbocycles. The maximum Gasteiger partial charge on any atom is 0.218 e. The van der Waals surface area contributed by atoms with Crippen molar-refractivity contribution < 1.29 is 13.7 Å². The van der Waals surface area contributed by atoms with Gasteiger partial charge in [-0.2, -0.15) is 0 Å². The van der Waals surface area contributed by atoms with Crippen molar-refractivity contribution in [2.24, 2.45) is 0 Å². The number of carbonyl (C=O) groups is 1. The van der Waals surface area contributed by atoms with Crippen LogP contribution in [0.3, 0.4) is 0 Å². The molecular weight excluding hydrogens is 366 g/mol. The van der Waals surface area contributed by atoms with Crippen molar-refractivity contribution in [3.63, 3.8) is 0 Å². The van der Waals surface area contributed by atoms with Crippen LogP contribution in [0, 0.1) is 0 Å². The average molecular weight is 389 g/mol. The fourth-order valence-electron chi connectivity index (χ4n) is 2.66. The molecule has 0 spiro atoms. The van der Waals surface area contributed by atoms with Gasteiger partial charge in [0, 0.05) is 44.4 Å². The number of rotatable bonds is 8. The summed E-state index contributed by atoms with van der Waals surface area (Å²) in [6, 6.07) is 8.44. The SMILES string of the molecule is CN1CCN(c2cc(OCCNS(=O)c3ccc(C=O)cc3)ncn2)CC1. The van der Waals surface area contributed by atoms with Gasteiger partial charge in [-0.25, -0.2) is 18.9 Å². The molecule has 1 aromatic heterocycles. The molecule has 9 heteroatoms. The van der Waals surface area contributed by atoms with Crippen LogP contribution < -0.4 is 14.4 Å². The lowest BCUT2D eigenvalue weighted by Gasteiger charge is -2.33. The van der Waals surface area contributed by atoms with Crippen LogP contribution in [0.1, 0.15) is 10.4 Å². The number of nitrogens with one attached hydrogen (secondary N) is 1. The normalized spacial score (nSPS) is 16.1. The molecule has 2 heterocycles. The summed E-state index contributed by atoms with van der Waals surface area (Å²) in [5, 5.41) is 0. The third-order valence-electron chi connectivity index (χ3n) is 4.27. The van der Waals surface area contributed by atoms with Crippen LogP contribution in [0.4, 0.5) is 5.82 Å². The van der Waals surface area contributed by atoms with E-state index in [2.05, 4.69) is 31.5 Å². The second-order valence-corrected chi connectivity index (χ2v) is 7.50. The summed E-state index contributed by atoms with van der Waals surface area (Å²) in [5.74, 6) is 1.36. The largest absolute Gasteiger partial charge is 0.476 e. The second-order valence-electron chi connectivity index (χ2n) is 6.20. The molecule has 27 heavy (non-hydrogen) atoms. The quantitative estimate of drug-likeness (QED) is 0.526. The summed E-state index contributed by atoms with van der Waals surface area (Å²) in [4.78, 5) is 24.2. The molecule has 1 fully saturated rings. The van der Waals surface area contributed by atoms with Crippen LogP contribution in [0.2, 0.25) is 0 Å². The van der Waals surface area contributed by atoms with Gasteiger partial charge in [-0.05, 0) is 19.2 Å². The summed E-state index contributed by atoms with van der Waals surface area (Å²) in [5.41, 5.74) is 0.555. The minimum atomic E-state index is -1.35. The molecule has 3 rings (SSSR count). The molecule has 1 aliphatic rings. The number of likely N-dealkylation sites (N-methyl/N-ethyl adjacent to an activating group) is 1. The van der Waals surface area contributed by atoms with Crippen LogP contribution in [-0.2, 0) is 11.0 Å². The number of nitrogens with zero attached hydrogens (tertiary/aromatic N) is 4. The monoisotopic (exact) mass is 389 g/mol. The van der Waals surface area contributed by atoms with Crippen LogP contribution in [0.25, 0.3) is 0 Å². The summed E-state index contributed by atoms with van der Waals surface area (Å²) < 4.78 is 20.7. The molecule has 0 bridgehead atoms. The van der Waals surface area contributed by atoms with E-state index in [-0.39, 0.29) is 0 Å². The van der Waals surface area contributed by atoms with Crippen LogP contribution in [-0.4, -0.2) is 71.7 Å². The van der Waals surface area contributed by atoms with Crippen molar-refractivity contribution in [3.05, 3.63) is 42.2 Å². The zero-order valence-electron chi connectivity index (χ0n) is 15.2. The molecule has 0 amide bonds.